The number of sulfonamides is 1. The van der Waals surface area contributed by atoms with Gasteiger partial charge >= 0.3 is 0 Å². The molecule has 0 aliphatic heterocycles. The first kappa shape index (κ1) is 19.4. The monoisotopic (exact) mass is 380 g/mol. The van der Waals surface area contributed by atoms with E-state index >= 15 is 0 Å². The van der Waals surface area contributed by atoms with Gasteiger partial charge in [-0.15, -0.1) is 0 Å². The smallest absolute Gasteiger partial charge is 0.238 e. The van der Waals surface area contributed by atoms with Crippen molar-refractivity contribution >= 4 is 27.3 Å². The van der Waals surface area contributed by atoms with E-state index in [1.54, 1.807) is 23.5 Å². The predicted octanol–water partition coefficient (Wildman–Crippen LogP) is 2.25. The summed E-state index contributed by atoms with van der Waals surface area (Å²) in [6.45, 7) is 6.04. The summed E-state index contributed by atoms with van der Waals surface area (Å²) >= 11 is 1.69. The van der Waals surface area contributed by atoms with Gasteiger partial charge in [-0.2, -0.15) is 11.3 Å². The van der Waals surface area contributed by atoms with Gasteiger partial charge in [0.05, 0.1) is 11.4 Å². The summed E-state index contributed by atoms with van der Waals surface area (Å²) in [5.41, 5.74) is 2.09. The fourth-order valence-corrected chi connectivity index (χ4v) is 3.62. The van der Waals surface area contributed by atoms with E-state index < -0.39 is 10.0 Å². The van der Waals surface area contributed by atoms with Crippen LogP contribution < -0.4 is 15.8 Å². The highest BCUT2D eigenvalue weighted by atomic mass is 32.2. The van der Waals surface area contributed by atoms with Crippen LogP contribution in [0.4, 0.5) is 0 Å². The van der Waals surface area contributed by atoms with Crippen LogP contribution in [0.3, 0.4) is 0 Å². The van der Waals surface area contributed by atoms with Crippen LogP contribution >= 0.6 is 11.3 Å². The van der Waals surface area contributed by atoms with Crippen LogP contribution in [0.1, 0.15) is 30.9 Å². The Labute approximate surface area is 153 Å². The van der Waals surface area contributed by atoms with Gasteiger partial charge in [-0.1, -0.05) is 19.1 Å². The number of hydrogen-bond acceptors (Lipinski definition) is 4. The van der Waals surface area contributed by atoms with E-state index in [4.69, 9.17) is 5.14 Å². The second-order valence-electron chi connectivity index (χ2n) is 5.73. The van der Waals surface area contributed by atoms with Gasteiger partial charge in [0.15, 0.2) is 5.96 Å². The average Bonchev–Trinajstić information content (AvgIpc) is 3.11. The van der Waals surface area contributed by atoms with Crippen molar-refractivity contribution in [3.8, 4) is 0 Å². The fraction of sp³-hybridized carbons (Fsp3) is 0.353. The Morgan fingerprint density at radius 3 is 2.76 bits per heavy atom. The molecule has 25 heavy (non-hydrogen) atoms. The van der Waals surface area contributed by atoms with Crippen molar-refractivity contribution in [3.63, 3.8) is 0 Å². The first-order chi connectivity index (χ1) is 11.9. The van der Waals surface area contributed by atoms with Crippen LogP contribution in [0.2, 0.25) is 0 Å². The topological polar surface area (TPSA) is 96.6 Å². The molecule has 2 rings (SSSR count). The highest BCUT2D eigenvalue weighted by molar-refractivity contribution is 7.89. The molecule has 2 aromatic rings. The normalized spacial score (nSPS) is 13.5. The van der Waals surface area contributed by atoms with Crippen molar-refractivity contribution in [1.82, 2.24) is 10.6 Å². The number of nitrogens with two attached hydrogens (primary N) is 1. The Morgan fingerprint density at radius 2 is 2.12 bits per heavy atom. The van der Waals surface area contributed by atoms with E-state index in [-0.39, 0.29) is 4.90 Å². The average molecular weight is 381 g/mol. The number of thiophene rings is 1. The number of hydrogen-bond donors (Lipinski definition) is 3. The molecule has 0 aliphatic carbocycles. The van der Waals surface area contributed by atoms with Gasteiger partial charge in [0.1, 0.15) is 0 Å². The maximum atomic E-state index is 11.4. The van der Waals surface area contributed by atoms with Crippen LogP contribution in [0, 0.1) is 0 Å². The zero-order valence-corrected chi connectivity index (χ0v) is 16.0. The molecule has 0 aliphatic rings. The lowest BCUT2D eigenvalue weighted by Gasteiger charge is -2.15. The largest absolute Gasteiger partial charge is 0.357 e. The maximum Gasteiger partial charge on any atom is 0.238 e. The van der Waals surface area contributed by atoms with E-state index in [0.29, 0.717) is 18.4 Å². The van der Waals surface area contributed by atoms with Crippen LogP contribution in [0.15, 0.2) is 51.0 Å². The molecular weight excluding hydrogens is 356 g/mol. The minimum Gasteiger partial charge on any atom is -0.357 e. The Hall–Kier alpha value is -1.90. The summed E-state index contributed by atoms with van der Waals surface area (Å²) in [5.74, 6) is 1.08. The summed E-state index contributed by atoms with van der Waals surface area (Å²) in [7, 11) is -3.70. The summed E-state index contributed by atoms with van der Waals surface area (Å²) in [6.07, 6.45) is 0. The fourth-order valence-electron chi connectivity index (χ4n) is 2.26. The molecule has 0 saturated heterocycles. The molecular formula is C17H24N4O2S2. The lowest BCUT2D eigenvalue weighted by atomic mass is 10.1. The van der Waals surface area contributed by atoms with Crippen LogP contribution in [0.25, 0.3) is 0 Å². The second kappa shape index (κ2) is 8.98. The Bertz CT molecular complexity index is 802. The van der Waals surface area contributed by atoms with Gasteiger partial charge in [-0.05, 0) is 52.9 Å². The molecule has 8 heteroatoms. The molecule has 0 fully saturated rings. The molecule has 1 atom stereocenters. The van der Waals surface area contributed by atoms with Crippen molar-refractivity contribution in [1.29, 1.82) is 0 Å². The van der Waals surface area contributed by atoms with E-state index in [1.165, 1.54) is 11.6 Å². The van der Waals surface area contributed by atoms with Gasteiger partial charge in [0.25, 0.3) is 0 Å². The van der Waals surface area contributed by atoms with Crippen LogP contribution in [-0.2, 0) is 16.6 Å². The molecule has 0 amide bonds. The van der Waals surface area contributed by atoms with E-state index in [0.717, 1.165) is 18.7 Å². The minimum absolute atomic E-state index is 0.101. The standard InChI is InChI=1S/C17H24N4O2S2/c1-3-19-17(20-10-13(2)15-7-8-24-12-15)21-11-14-5-4-6-16(9-14)25(18,22)23/h4-9,12-13H,3,10-11H2,1-2H3,(H2,18,22,23)(H2,19,20,21). The van der Waals surface area contributed by atoms with Gasteiger partial charge in [0.2, 0.25) is 10.0 Å². The molecule has 0 radical (unpaired) electrons. The molecule has 1 aromatic carbocycles. The lowest BCUT2D eigenvalue weighted by molar-refractivity contribution is 0.597. The van der Waals surface area contributed by atoms with E-state index in [1.807, 2.05) is 13.0 Å². The summed E-state index contributed by atoms with van der Waals surface area (Å²) < 4.78 is 22.9. The Balaban J connectivity index is 2.02. The lowest BCUT2D eigenvalue weighted by Crippen LogP contribution is -2.39. The number of nitrogens with one attached hydrogen (secondary N) is 2. The number of benzene rings is 1. The molecule has 0 spiro atoms. The van der Waals surface area contributed by atoms with Crippen molar-refractivity contribution in [2.45, 2.75) is 31.2 Å². The third-order valence-corrected chi connectivity index (χ3v) is 5.29. The highest BCUT2D eigenvalue weighted by Gasteiger charge is 2.09. The highest BCUT2D eigenvalue weighted by Crippen LogP contribution is 2.17. The van der Waals surface area contributed by atoms with Gasteiger partial charge in [-0.25, -0.2) is 18.5 Å². The van der Waals surface area contributed by atoms with Gasteiger partial charge in [-0.3, -0.25) is 0 Å². The minimum atomic E-state index is -3.70. The first-order valence-electron chi connectivity index (χ1n) is 8.06. The summed E-state index contributed by atoms with van der Waals surface area (Å²) in [5, 5.41) is 15.9. The van der Waals surface area contributed by atoms with Gasteiger partial charge in [0, 0.05) is 13.1 Å². The van der Waals surface area contributed by atoms with Crippen LogP contribution in [-0.4, -0.2) is 27.5 Å². The maximum absolute atomic E-state index is 11.4. The molecule has 0 bridgehead atoms. The molecule has 4 N–H and O–H groups in total. The van der Waals surface area contributed by atoms with Crippen molar-refractivity contribution < 1.29 is 8.42 Å². The predicted molar refractivity (Wildman–Crippen MR) is 103 cm³/mol. The first-order valence-corrected chi connectivity index (χ1v) is 10.5. The molecule has 6 nitrogen and oxygen atoms in total. The van der Waals surface area contributed by atoms with Crippen molar-refractivity contribution in [2.24, 2.45) is 10.1 Å². The van der Waals surface area contributed by atoms with Crippen LogP contribution in [0.5, 0.6) is 0 Å². The summed E-state index contributed by atoms with van der Waals surface area (Å²) in [6, 6.07) is 8.66. The zero-order valence-electron chi connectivity index (χ0n) is 14.4. The SMILES string of the molecule is CCNC(=NCc1cccc(S(N)(=O)=O)c1)NCC(C)c1ccsc1. The Kier molecular flexibility index (Phi) is 6.98. The van der Waals surface area contributed by atoms with E-state index in [2.05, 4.69) is 39.4 Å². The third-order valence-electron chi connectivity index (χ3n) is 3.68. The number of primary sulfonamides is 1. The molecule has 1 heterocycles. The third kappa shape index (κ3) is 6.15. The Morgan fingerprint density at radius 1 is 1.32 bits per heavy atom. The molecule has 136 valence electrons. The summed E-state index contributed by atoms with van der Waals surface area (Å²) in [4.78, 5) is 4.62. The van der Waals surface area contributed by atoms with Crippen molar-refractivity contribution in [3.05, 3.63) is 52.2 Å². The second-order valence-corrected chi connectivity index (χ2v) is 8.07. The number of guanidine groups is 1. The number of aliphatic imine (C=N–C) groups is 1. The molecule has 1 aromatic heterocycles. The quantitative estimate of drug-likeness (QED) is 0.507. The molecule has 1 unspecified atom stereocenters. The van der Waals surface area contributed by atoms with Crippen molar-refractivity contribution in [2.75, 3.05) is 13.1 Å². The van der Waals surface area contributed by atoms with Gasteiger partial charge < -0.3 is 10.6 Å². The number of rotatable bonds is 7. The zero-order chi connectivity index (χ0) is 18.3. The number of nitrogens with zero attached hydrogens (tertiary/aromatic N) is 1. The molecule has 0 saturated carbocycles. The van der Waals surface area contributed by atoms with E-state index in [9.17, 15) is 8.42 Å².